The third-order valence-electron chi connectivity index (χ3n) is 7.63. The Bertz CT molecular complexity index is 1520. The van der Waals surface area contributed by atoms with Crippen molar-refractivity contribution in [1.82, 2.24) is 20.5 Å². The molecule has 280 valence electrons. The Labute approximate surface area is 299 Å². The number of esters is 1. The number of carbonyl (C=O) groups is 4. The Balaban J connectivity index is 2.58. The number of allylic oxidation sites excluding steroid dienone is 11. The first-order valence-electron chi connectivity index (χ1n) is 16.1. The molecular weight excluding hydrogens is 660 g/mol. The molecule has 4 unspecified atom stereocenters. The van der Waals surface area contributed by atoms with Crippen molar-refractivity contribution in [3.63, 3.8) is 0 Å². The standard InChI is InChI=1S/C37H52N4O10/c1-26(20-16-13-14-17-21-29-24-39-28(3)51-29)32(44)36(4,5)34(46)38-23-19-15-11-9-10-12-18-22-30(43)40-37(48,25-42)35(47)41(6)31(27(2)49-7)33(45)50-8/h9-20,22,24,27,31-32,42,44,48H,21,23,25H2,1-8H3,(H,38,46)(H,40,43)/b11-9+,12-10+,16-13-,17-14+,19-15-,22-18+,26-20-. The third kappa shape index (κ3) is 14.5. The number of hydrogen-bond acceptors (Lipinski definition) is 11. The first-order valence-corrected chi connectivity index (χ1v) is 16.1. The van der Waals surface area contributed by atoms with Gasteiger partial charge in [-0.2, -0.15) is 0 Å². The second-order valence-electron chi connectivity index (χ2n) is 12.0. The van der Waals surface area contributed by atoms with Crippen LogP contribution in [0.5, 0.6) is 0 Å². The lowest BCUT2D eigenvalue weighted by molar-refractivity contribution is -0.172. The van der Waals surface area contributed by atoms with E-state index in [9.17, 15) is 34.5 Å². The van der Waals surface area contributed by atoms with Crippen molar-refractivity contribution >= 4 is 23.7 Å². The molecule has 0 aliphatic heterocycles. The molecule has 14 nitrogen and oxygen atoms in total. The summed E-state index contributed by atoms with van der Waals surface area (Å²) in [7, 11) is 3.65. The van der Waals surface area contributed by atoms with E-state index >= 15 is 0 Å². The smallest absolute Gasteiger partial charge is 0.331 e. The summed E-state index contributed by atoms with van der Waals surface area (Å²) in [5.41, 5.74) is -3.16. The zero-order valence-corrected chi connectivity index (χ0v) is 30.5. The first kappa shape index (κ1) is 44.1. The van der Waals surface area contributed by atoms with Crippen LogP contribution in [0.25, 0.3) is 0 Å². The van der Waals surface area contributed by atoms with Gasteiger partial charge in [0.05, 0.1) is 30.9 Å². The summed E-state index contributed by atoms with van der Waals surface area (Å²) >= 11 is 0. The van der Waals surface area contributed by atoms with E-state index in [1.807, 2.05) is 23.5 Å². The number of carbonyl (C=O) groups excluding carboxylic acids is 4. The summed E-state index contributed by atoms with van der Waals surface area (Å²) in [5.74, 6) is -1.78. The van der Waals surface area contributed by atoms with E-state index in [4.69, 9.17) is 13.9 Å². The molecule has 1 heterocycles. The van der Waals surface area contributed by atoms with Gasteiger partial charge in [0.1, 0.15) is 12.4 Å². The highest BCUT2D eigenvalue weighted by atomic mass is 16.5. The monoisotopic (exact) mass is 712 g/mol. The van der Waals surface area contributed by atoms with Gasteiger partial charge in [-0.15, -0.1) is 0 Å². The van der Waals surface area contributed by atoms with Gasteiger partial charge in [0.15, 0.2) is 11.9 Å². The van der Waals surface area contributed by atoms with E-state index < -0.39 is 53.8 Å². The van der Waals surface area contributed by atoms with Crippen LogP contribution in [-0.2, 0) is 35.1 Å². The van der Waals surface area contributed by atoms with Crippen molar-refractivity contribution in [3.05, 3.63) is 102 Å². The third-order valence-corrected chi connectivity index (χ3v) is 7.63. The molecule has 0 saturated carbocycles. The number of aliphatic hydroxyl groups excluding tert-OH is 2. The number of nitrogens with zero attached hydrogens (tertiary/aromatic N) is 2. The fourth-order valence-electron chi connectivity index (χ4n) is 4.48. The molecule has 1 rings (SSSR count). The maximum absolute atomic E-state index is 12.9. The molecular formula is C37H52N4O10. The van der Waals surface area contributed by atoms with Crippen LogP contribution in [0.2, 0.25) is 0 Å². The van der Waals surface area contributed by atoms with Gasteiger partial charge in [0.2, 0.25) is 17.5 Å². The fraction of sp³-hybridized carbons (Fsp3) is 0.432. The molecule has 3 amide bonds. The van der Waals surface area contributed by atoms with E-state index in [-0.39, 0.29) is 12.5 Å². The largest absolute Gasteiger partial charge is 0.467 e. The van der Waals surface area contributed by atoms with Crippen LogP contribution in [0, 0.1) is 12.3 Å². The Morgan fingerprint density at radius 2 is 1.63 bits per heavy atom. The van der Waals surface area contributed by atoms with Gasteiger partial charge in [-0.1, -0.05) is 72.9 Å². The normalized spacial score (nSPS) is 15.9. The molecule has 0 fully saturated rings. The van der Waals surface area contributed by atoms with E-state index in [1.165, 1.54) is 33.2 Å². The number of oxazole rings is 1. The summed E-state index contributed by atoms with van der Waals surface area (Å²) in [6, 6.07) is -1.25. The highest BCUT2D eigenvalue weighted by Gasteiger charge is 2.44. The van der Waals surface area contributed by atoms with Crippen LogP contribution >= 0.6 is 0 Å². The minimum Gasteiger partial charge on any atom is -0.467 e. The number of hydrogen-bond donors (Lipinski definition) is 5. The second kappa shape index (κ2) is 22.0. The minimum atomic E-state index is -2.71. The molecule has 0 bridgehead atoms. The van der Waals surface area contributed by atoms with E-state index in [0.29, 0.717) is 17.9 Å². The Kier molecular flexibility index (Phi) is 19.1. The van der Waals surface area contributed by atoms with Gasteiger partial charge in [-0.25, -0.2) is 9.78 Å². The van der Waals surface area contributed by atoms with Crippen molar-refractivity contribution < 1.29 is 48.4 Å². The lowest BCUT2D eigenvalue weighted by Crippen LogP contribution is -2.64. The Morgan fingerprint density at radius 1 is 1.02 bits per heavy atom. The molecule has 5 N–H and O–H groups in total. The number of methoxy groups -OCH3 is 2. The highest BCUT2D eigenvalue weighted by molar-refractivity contribution is 5.96. The number of amides is 3. The van der Waals surface area contributed by atoms with Crippen molar-refractivity contribution in [3.8, 4) is 0 Å². The van der Waals surface area contributed by atoms with Crippen LogP contribution in [0.3, 0.4) is 0 Å². The Morgan fingerprint density at radius 3 is 2.22 bits per heavy atom. The average Bonchev–Trinajstić information content (AvgIpc) is 3.53. The molecule has 4 atom stereocenters. The van der Waals surface area contributed by atoms with Gasteiger partial charge in [0.25, 0.3) is 5.91 Å². The van der Waals surface area contributed by atoms with Gasteiger partial charge in [-0.3, -0.25) is 14.4 Å². The van der Waals surface area contributed by atoms with E-state index in [1.54, 1.807) is 76.4 Å². The molecule has 0 aliphatic rings. The number of aromatic nitrogens is 1. The molecule has 0 aromatic carbocycles. The summed E-state index contributed by atoms with van der Waals surface area (Å²) in [6.45, 7) is 7.46. The van der Waals surface area contributed by atoms with Crippen LogP contribution in [0.15, 0.2) is 95.2 Å². The van der Waals surface area contributed by atoms with Crippen LogP contribution in [0.1, 0.15) is 39.3 Å². The van der Waals surface area contributed by atoms with Gasteiger partial charge in [0, 0.05) is 40.1 Å². The lowest BCUT2D eigenvalue weighted by Gasteiger charge is -2.35. The number of ether oxygens (including phenoxy) is 2. The van der Waals surface area contributed by atoms with E-state index in [0.717, 1.165) is 23.8 Å². The SMILES string of the molecule is COC(=O)C(C(C)OC)N(C)C(=O)C(O)(CO)NC(=O)/C=C/C=C/C=C/C=C\CNC(=O)C(C)(C)C(O)\C(C)=C/C=C\C=C\Cc1cnc(C)o1. The molecule has 0 spiro atoms. The number of nitrogens with one attached hydrogen (secondary N) is 2. The van der Waals surface area contributed by atoms with Crippen LogP contribution in [-0.4, -0.2) is 107 Å². The van der Waals surface area contributed by atoms with E-state index in [2.05, 4.69) is 10.3 Å². The molecule has 1 aromatic heterocycles. The lowest BCUT2D eigenvalue weighted by atomic mass is 9.81. The maximum atomic E-state index is 12.9. The molecule has 14 heteroatoms. The Hall–Kier alpha value is -4.89. The van der Waals surface area contributed by atoms with Gasteiger partial charge < -0.3 is 44.7 Å². The zero-order chi connectivity index (χ0) is 38.6. The molecule has 1 aromatic rings. The molecule has 0 aliphatic carbocycles. The van der Waals surface area contributed by atoms with Crippen molar-refractivity contribution in [2.75, 3.05) is 34.4 Å². The quantitative estimate of drug-likeness (QED) is 0.0574. The fourth-order valence-corrected chi connectivity index (χ4v) is 4.48. The van der Waals surface area contributed by atoms with Crippen molar-refractivity contribution in [2.24, 2.45) is 5.41 Å². The maximum Gasteiger partial charge on any atom is 0.331 e. The predicted octanol–water partition coefficient (Wildman–Crippen LogP) is 2.14. The van der Waals surface area contributed by atoms with Crippen molar-refractivity contribution in [2.45, 2.75) is 65.0 Å². The summed E-state index contributed by atoms with van der Waals surface area (Å²) in [5, 5.41) is 36.0. The molecule has 0 radical (unpaired) electrons. The summed E-state index contributed by atoms with van der Waals surface area (Å²) < 4.78 is 15.2. The minimum absolute atomic E-state index is 0.230. The number of likely N-dealkylation sites (N-methyl/N-ethyl adjacent to an activating group) is 1. The highest BCUT2D eigenvalue weighted by Crippen LogP contribution is 2.26. The summed E-state index contributed by atoms with van der Waals surface area (Å²) in [4.78, 5) is 55.1. The first-order chi connectivity index (χ1) is 24.0. The van der Waals surface area contributed by atoms with Gasteiger partial charge in [-0.05, 0) is 33.3 Å². The van der Waals surface area contributed by atoms with Crippen LogP contribution < -0.4 is 10.6 Å². The number of aliphatic hydroxyl groups is 3. The second-order valence-corrected chi connectivity index (χ2v) is 12.0. The topological polar surface area (TPSA) is 201 Å². The zero-order valence-electron chi connectivity index (χ0n) is 30.5. The van der Waals surface area contributed by atoms with Crippen molar-refractivity contribution in [1.29, 1.82) is 0 Å². The van der Waals surface area contributed by atoms with Crippen LogP contribution in [0.4, 0.5) is 0 Å². The molecule has 51 heavy (non-hydrogen) atoms. The van der Waals surface area contributed by atoms with Gasteiger partial charge >= 0.3 is 5.97 Å². The predicted molar refractivity (Wildman–Crippen MR) is 192 cm³/mol. The average molecular weight is 713 g/mol. The number of aryl methyl sites for hydroxylation is 1. The molecule has 0 saturated heterocycles. The summed E-state index contributed by atoms with van der Waals surface area (Å²) in [6.07, 6.45) is 21.9. The number of rotatable bonds is 20.